The van der Waals surface area contributed by atoms with Crippen molar-refractivity contribution in [3.63, 3.8) is 0 Å². The van der Waals surface area contributed by atoms with E-state index in [2.05, 4.69) is 22.3 Å². The van der Waals surface area contributed by atoms with Gasteiger partial charge in [-0.15, -0.1) is 0 Å². The van der Waals surface area contributed by atoms with Crippen molar-refractivity contribution in [2.45, 2.75) is 51.7 Å². The van der Waals surface area contributed by atoms with Gasteiger partial charge in [0.1, 0.15) is 5.60 Å². The number of amides is 1. The third-order valence-corrected chi connectivity index (χ3v) is 5.46. The zero-order valence-corrected chi connectivity index (χ0v) is 16.9. The maximum atomic E-state index is 12.6. The van der Waals surface area contributed by atoms with Crippen LogP contribution >= 0.6 is 0 Å². The van der Waals surface area contributed by atoms with Gasteiger partial charge in [0.15, 0.2) is 0 Å². The highest BCUT2D eigenvalue weighted by molar-refractivity contribution is 5.68. The molecule has 0 radical (unpaired) electrons. The molecule has 1 atom stereocenters. The molecule has 3 N–H and O–H groups in total. The van der Waals surface area contributed by atoms with Gasteiger partial charge in [-0.1, -0.05) is 0 Å². The van der Waals surface area contributed by atoms with Crippen molar-refractivity contribution >= 4 is 17.5 Å². The van der Waals surface area contributed by atoms with Crippen molar-refractivity contribution < 1.29 is 9.53 Å². The highest BCUT2D eigenvalue weighted by Gasteiger charge is 2.32. The van der Waals surface area contributed by atoms with Crippen LogP contribution in [-0.4, -0.2) is 55.4 Å². The van der Waals surface area contributed by atoms with Gasteiger partial charge in [-0.2, -0.15) is 0 Å². The van der Waals surface area contributed by atoms with Crippen LogP contribution in [0.1, 0.15) is 40.0 Å². The lowest BCUT2D eigenvalue weighted by Gasteiger charge is -2.40. The number of ether oxygens (including phenoxy) is 1. The van der Waals surface area contributed by atoms with Crippen molar-refractivity contribution in [3.05, 3.63) is 24.3 Å². The Hall–Kier alpha value is -1.95. The van der Waals surface area contributed by atoms with E-state index >= 15 is 0 Å². The maximum Gasteiger partial charge on any atom is 0.410 e. The van der Waals surface area contributed by atoms with Gasteiger partial charge in [-0.25, -0.2) is 4.79 Å². The molecule has 0 saturated carbocycles. The van der Waals surface area contributed by atoms with Crippen LogP contribution in [0.3, 0.4) is 0 Å². The highest BCUT2D eigenvalue weighted by Crippen LogP contribution is 2.28. The third-order valence-electron chi connectivity index (χ3n) is 5.46. The van der Waals surface area contributed by atoms with Gasteiger partial charge in [0.05, 0.1) is 0 Å². The Balaban J connectivity index is 1.53. The van der Waals surface area contributed by atoms with E-state index in [0.29, 0.717) is 5.92 Å². The molecule has 0 spiro atoms. The lowest BCUT2D eigenvalue weighted by Crippen LogP contribution is -2.55. The molecule has 2 saturated heterocycles. The summed E-state index contributed by atoms with van der Waals surface area (Å²) in [6.45, 7) is 10.3. The van der Waals surface area contributed by atoms with Crippen LogP contribution in [-0.2, 0) is 4.74 Å². The molecule has 2 fully saturated rings. The Bertz CT molecular complexity index is 618. The molecule has 1 amide bonds. The van der Waals surface area contributed by atoms with Crippen molar-refractivity contribution in [2.75, 3.05) is 43.4 Å². The summed E-state index contributed by atoms with van der Waals surface area (Å²) in [7, 11) is 0. The number of piperazine rings is 1. The first-order valence-corrected chi connectivity index (χ1v) is 10.1. The van der Waals surface area contributed by atoms with Crippen LogP contribution in [0.5, 0.6) is 0 Å². The summed E-state index contributed by atoms with van der Waals surface area (Å²) in [5.41, 5.74) is 7.40. The van der Waals surface area contributed by atoms with E-state index in [4.69, 9.17) is 10.5 Å². The number of anilines is 2. The molecular weight excluding hydrogens is 340 g/mol. The van der Waals surface area contributed by atoms with Gasteiger partial charge in [0.25, 0.3) is 0 Å². The topological polar surface area (TPSA) is 70.8 Å². The van der Waals surface area contributed by atoms with Crippen molar-refractivity contribution in [3.8, 4) is 0 Å². The normalized spacial score (nSPS) is 22.0. The van der Waals surface area contributed by atoms with E-state index in [9.17, 15) is 4.79 Å². The molecule has 2 aliphatic rings. The number of nitrogens with two attached hydrogens (primary N) is 1. The average Bonchev–Trinajstić information content (AvgIpc) is 2.62. The fourth-order valence-electron chi connectivity index (χ4n) is 4.03. The first-order chi connectivity index (χ1) is 12.8. The summed E-state index contributed by atoms with van der Waals surface area (Å²) in [5, 5.41) is 3.44. The second-order valence-electron chi connectivity index (χ2n) is 8.79. The minimum atomic E-state index is -0.447. The number of nitrogens with one attached hydrogen (secondary N) is 1. The predicted molar refractivity (Wildman–Crippen MR) is 110 cm³/mol. The van der Waals surface area contributed by atoms with E-state index in [-0.39, 0.29) is 12.1 Å². The number of hydrogen-bond acceptors (Lipinski definition) is 5. The van der Waals surface area contributed by atoms with Gasteiger partial charge in [-0.3, -0.25) is 0 Å². The minimum absolute atomic E-state index is 0.173. The van der Waals surface area contributed by atoms with Gasteiger partial charge < -0.3 is 25.6 Å². The molecule has 150 valence electrons. The quantitative estimate of drug-likeness (QED) is 0.796. The smallest absolute Gasteiger partial charge is 0.410 e. The molecule has 1 unspecified atom stereocenters. The largest absolute Gasteiger partial charge is 0.444 e. The monoisotopic (exact) mass is 374 g/mol. The van der Waals surface area contributed by atoms with E-state index in [1.807, 2.05) is 37.8 Å². The Morgan fingerprint density at radius 2 is 1.85 bits per heavy atom. The summed E-state index contributed by atoms with van der Waals surface area (Å²) in [5.74, 6) is 0.643. The SMILES string of the molecule is CC(C)(C)OC(=O)N1CCNCC1CC1CCN(c2ccc(N)cc2)CC1. The Kier molecular flexibility index (Phi) is 6.15. The van der Waals surface area contributed by atoms with E-state index in [0.717, 1.165) is 57.7 Å². The number of carbonyl (C=O) groups excluding carboxylic acids is 1. The average molecular weight is 375 g/mol. The lowest BCUT2D eigenvalue weighted by atomic mass is 9.89. The summed E-state index contributed by atoms with van der Waals surface area (Å²) >= 11 is 0. The minimum Gasteiger partial charge on any atom is -0.444 e. The first-order valence-electron chi connectivity index (χ1n) is 10.1. The van der Waals surface area contributed by atoms with Gasteiger partial charge >= 0.3 is 6.09 Å². The summed E-state index contributed by atoms with van der Waals surface area (Å²) in [6, 6.07) is 8.36. The zero-order valence-electron chi connectivity index (χ0n) is 16.9. The third kappa shape index (κ3) is 5.51. The molecule has 27 heavy (non-hydrogen) atoms. The van der Waals surface area contributed by atoms with E-state index in [1.54, 1.807) is 0 Å². The number of nitrogen functional groups attached to an aromatic ring is 1. The molecule has 2 aliphatic heterocycles. The number of benzene rings is 1. The number of carbonyl (C=O) groups is 1. The van der Waals surface area contributed by atoms with Crippen molar-refractivity contribution in [2.24, 2.45) is 5.92 Å². The van der Waals surface area contributed by atoms with Crippen LogP contribution in [0.2, 0.25) is 0 Å². The number of nitrogens with zero attached hydrogens (tertiary/aromatic N) is 2. The molecule has 3 rings (SSSR count). The van der Waals surface area contributed by atoms with Crippen molar-refractivity contribution in [1.29, 1.82) is 0 Å². The molecule has 1 aromatic carbocycles. The van der Waals surface area contributed by atoms with Gasteiger partial charge in [0, 0.05) is 50.1 Å². The molecule has 2 heterocycles. The van der Waals surface area contributed by atoms with Gasteiger partial charge in [-0.05, 0) is 70.2 Å². The molecule has 6 heteroatoms. The summed E-state index contributed by atoms with van der Waals surface area (Å²) < 4.78 is 5.62. The summed E-state index contributed by atoms with van der Waals surface area (Å²) in [4.78, 5) is 17.0. The molecule has 1 aromatic rings. The van der Waals surface area contributed by atoms with E-state index in [1.165, 1.54) is 5.69 Å². The van der Waals surface area contributed by atoms with E-state index < -0.39 is 5.60 Å². The Labute approximate surface area is 163 Å². The Morgan fingerprint density at radius 3 is 2.48 bits per heavy atom. The summed E-state index contributed by atoms with van der Waals surface area (Å²) in [6.07, 6.45) is 3.18. The fourth-order valence-corrected chi connectivity index (χ4v) is 4.03. The van der Waals surface area contributed by atoms with Crippen molar-refractivity contribution in [1.82, 2.24) is 10.2 Å². The second-order valence-corrected chi connectivity index (χ2v) is 8.79. The lowest BCUT2D eigenvalue weighted by molar-refractivity contribution is 0.00890. The standard InChI is InChI=1S/C21H34N4O2/c1-21(2,3)27-20(26)25-13-10-23-15-19(25)14-16-8-11-24(12-9-16)18-6-4-17(22)5-7-18/h4-7,16,19,23H,8-15,22H2,1-3H3. The molecule has 0 aliphatic carbocycles. The van der Waals surface area contributed by atoms with Crippen LogP contribution < -0.4 is 16.0 Å². The molecule has 0 aromatic heterocycles. The molecular formula is C21H34N4O2. The zero-order chi connectivity index (χ0) is 19.4. The van der Waals surface area contributed by atoms with Crippen LogP contribution in [0.15, 0.2) is 24.3 Å². The molecule has 0 bridgehead atoms. The molecule has 6 nitrogen and oxygen atoms in total. The van der Waals surface area contributed by atoms with Crippen LogP contribution in [0.25, 0.3) is 0 Å². The number of hydrogen-bond donors (Lipinski definition) is 2. The van der Waals surface area contributed by atoms with Crippen LogP contribution in [0.4, 0.5) is 16.2 Å². The predicted octanol–water partition coefficient (Wildman–Crippen LogP) is 3.08. The highest BCUT2D eigenvalue weighted by atomic mass is 16.6. The first kappa shape index (κ1) is 19.8. The Morgan fingerprint density at radius 1 is 1.19 bits per heavy atom. The number of piperidine rings is 1. The number of rotatable bonds is 3. The fraction of sp³-hybridized carbons (Fsp3) is 0.667. The van der Waals surface area contributed by atoms with Crippen LogP contribution in [0, 0.1) is 5.92 Å². The maximum absolute atomic E-state index is 12.6. The van der Waals surface area contributed by atoms with Gasteiger partial charge in [0.2, 0.25) is 0 Å². The second kappa shape index (κ2) is 8.38.